The zero-order valence-corrected chi connectivity index (χ0v) is 11.9. The Morgan fingerprint density at radius 1 is 1.75 bits per heavy atom. The molecule has 0 bridgehead atoms. The lowest BCUT2D eigenvalue weighted by Crippen LogP contribution is -2.57. The lowest BCUT2D eigenvalue weighted by atomic mass is 9.79. The molecule has 1 fully saturated rings. The first-order valence-electron chi connectivity index (χ1n) is 6.31. The van der Waals surface area contributed by atoms with E-state index < -0.39 is 11.6 Å². The number of hydrogen-bond acceptors (Lipinski definition) is 5. The number of amides is 1. The molecule has 2 atom stereocenters. The standard InChI is InChI=1S/C13H16N4O2S/c1-9-4-13(7-15-5-9,17-12(18)19)10-2-3-14-6-11(10)16-8-20/h2-3,6,9,15,17H,4-5,7H2,1H3,(H,18,19)/t9-,13+/m0/s1. The molecule has 1 aliphatic heterocycles. The Hall–Kier alpha value is -1.82. The van der Waals surface area contributed by atoms with Crippen LogP contribution in [0, 0.1) is 5.92 Å². The van der Waals surface area contributed by atoms with Gasteiger partial charge in [-0.3, -0.25) is 4.98 Å². The van der Waals surface area contributed by atoms with Crippen molar-refractivity contribution in [1.82, 2.24) is 15.6 Å². The number of isothiocyanates is 1. The fourth-order valence-electron chi connectivity index (χ4n) is 2.77. The first-order valence-corrected chi connectivity index (χ1v) is 6.72. The lowest BCUT2D eigenvalue weighted by Gasteiger charge is -2.41. The van der Waals surface area contributed by atoms with Gasteiger partial charge in [0, 0.05) is 18.3 Å². The topological polar surface area (TPSA) is 86.6 Å². The second-order valence-corrected chi connectivity index (χ2v) is 5.23. The second kappa shape index (κ2) is 6.09. The van der Waals surface area contributed by atoms with Gasteiger partial charge in [-0.05, 0) is 37.2 Å². The van der Waals surface area contributed by atoms with Crippen molar-refractivity contribution in [2.24, 2.45) is 10.9 Å². The maximum absolute atomic E-state index is 11.2. The number of hydrogen-bond donors (Lipinski definition) is 3. The Bertz CT molecular complexity index is 559. The van der Waals surface area contributed by atoms with Crippen molar-refractivity contribution in [2.45, 2.75) is 18.9 Å². The predicted molar refractivity (Wildman–Crippen MR) is 78.4 cm³/mol. The van der Waals surface area contributed by atoms with Gasteiger partial charge in [0.15, 0.2) is 0 Å². The third kappa shape index (κ3) is 3.01. The van der Waals surface area contributed by atoms with E-state index in [9.17, 15) is 9.90 Å². The number of aromatic nitrogens is 1. The molecule has 1 saturated heterocycles. The Balaban J connectivity index is 2.51. The molecule has 1 amide bonds. The highest BCUT2D eigenvalue weighted by Gasteiger charge is 2.39. The SMILES string of the molecule is C[C@@H]1CNC[C@@](NC(=O)O)(c2ccncc2N=C=S)C1. The average Bonchev–Trinajstić information content (AvgIpc) is 2.39. The molecule has 0 unspecified atom stereocenters. The zero-order valence-electron chi connectivity index (χ0n) is 11.1. The van der Waals surface area contributed by atoms with Crippen LogP contribution in [0.4, 0.5) is 10.5 Å². The van der Waals surface area contributed by atoms with Gasteiger partial charge in [0.25, 0.3) is 0 Å². The Kier molecular flexibility index (Phi) is 4.44. The number of nitrogens with one attached hydrogen (secondary N) is 2. The highest BCUT2D eigenvalue weighted by Crippen LogP contribution is 2.36. The first-order chi connectivity index (χ1) is 9.57. The van der Waals surface area contributed by atoms with Crippen LogP contribution in [0.15, 0.2) is 23.5 Å². The molecule has 2 rings (SSSR count). The van der Waals surface area contributed by atoms with Crippen molar-refractivity contribution in [1.29, 1.82) is 0 Å². The minimum atomic E-state index is -1.06. The lowest BCUT2D eigenvalue weighted by molar-refractivity contribution is 0.156. The van der Waals surface area contributed by atoms with Crippen molar-refractivity contribution in [3.63, 3.8) is 0 Å². The van der Waals surface area contributed by atoms with E-state index in [4.69, 9.17) is 0 Å². The maximum atomic E-state index is 11.2. The van der Waals surface area contributed by atoms with Crippen LogP contribution in [0.2, 0.25) is 0 Å². The molecule has 106 valence electrons. The molecule has 0 aliphatic carbocycles. The Morgan fingerprint density at radius 2 is 2.55 bits per heavy atom. The maximum Gasteiger partial charge on any atom is 0.405 e. The monoisotopic (exact) mass is 292 g/mol. The summed E-state index contributed by atoms with van der Waals surface area (Å²) in [6.07, 6.45) is 2.83. The van der Waals surface area contributed by atoms with Gasteiger partial charge in [0.05, 0.1) is 22.6 Å². The highest BCUT2D eigenvalue weighted by atomic mass is 32.1. The van der Waals surface area contributed by atoms with Crippen LogP contribution in [0.1, 0.15) is 18.9 Å². The summed E-state index contributed by atoms with van der Waals surface area (Å²) >= 11 is 4.65. The normalized spacial score (nSPS) is 25.6. The van der Waals surface area contributed by atoms with Gasteiger partial charge in [-0.25, -0.2) is 4.79 Å². The van der Waals surface area contributed by atoms with Crippen LogP contribution >= 0.6 is 12.2 Å². The zero-order chi connectivity index (χ0) is 14.6. The summed E-state index contributed by atoms with van der Waals surface area (Å²) in [7, 11) is 0. The van der Waals surface area contributed by atoms with E-state index in [1.54, 1.807) is 18.5 Å². The van der Waals surface area contributed by atoms with E-state index in [2.05, 4.69) is 44.9 Å². The van der Waals surface area contributed by atoms with E-state index in [0.717, 1.165) is 12.1 Å². The molecule has 6 nitrogen and oxygen atoms in total. The fraction of sp³-hybridized carbons (Fsp3) is 0.462. The average molecular weight is 292 g/mol. The molecule has 1 aromatic rings. The van der Waals surface area contributed by atoms with Gasteiger partial charge in [0.2, 0.25) is 0 Å². The highest BCUT2D eigenvalue weighted by molar-refractivity contribution is 7.78. The van der Waals surface area contributed by atoms with E-state index >= 15 is 0 Å². The van der Waals surface area contributed by atoms with Crippen molar-refractivity contribution in [3.05, 3.63) is 24.0 Å². The molecule has 1 aliphatic rings. The number of thiocarbonyl (C=S) groups is 1. The Morgan fingerprint density at radius 3 is 3.20 bits per heavy atom. The van der Waals surface area contributed by atoms with E-state index in [-0.39, 0.29) is 0 Å². The molecule has 0 spiro atoms. The molecule has 3 N–H and O–H groups in total. The summed E-state index contributed by atoms with van der Waals surface area (Å²) in [5.41, 5.74) is 0.593. The third-order valence-electron chi connectivity index (χ3n) is 3.44. The number of aliphatic imine (C=N–C) groups is 1. The molecule has 2 heterocycles. The Labute approximate surface area is 122 Å². The molecule has 7 heteroatoms. The van der Waals surface area contributed by atoms with Crippen LogP contribution in [0.25, 0.3) is 0 Å². The van der Waals surface area contributed by atoms with Crippen LogP contribution in [0.3, 0.4) is 0 Å². The minimum Gasteiger partial charge on any atom is -0.465 e. The van der Waals surface area contributed by atoms with E-state index in [1.165, 1.54) is 0 Å². The summed E-state index contributed by atoms with van der Waals surface area (Å²) in [6, 6.07) is 1.78. The predicted octanol–water partition coefficient (Wildman–Crippen LogP) is 1.91. The molecule has 0 aromatic carbocycles. The summed E-state index contributed by atoms with van der Waals surface area (Å²) in [4.78, 5) is 19.2. The summed E-state index contributed by atoms with van der Waals surface area (Å²) in [5.74, 6) is 0.341. The van der Waals surface area contributed by atoms with Gasteiger partial charge in [-0.1, -0.05) is 6.92 Å². The molecule has 20 heavy (non-hydrogen) atoms. The number of piperidine rings is 1. The van der Waals surface area contributed by atoms with Crippen LogP contribution in [-0.4, -0.2) is 34.4 Å². The first kappa shape index (κ1) is 14.6. The third-order valence-corrected chi connectivity index (χ3v) is 3.54. The number of pyridine rings is 1. The minimum absolute atomic E-state index is 0.341. The summed E-state index contributed by atoms with van der Waals surface area (Å²) in [5, 5.41) is 17.4. The van der Waals surface area contributed by atoms with Gasteiger partial charge in [0.1, 0.15) is 0 Å². The molecule has 1 aromatic heterocycles. The van der Waals surface area contributed by atoms with Crippen LogP contribution in [-0.2, 0) is 5.54 Å². The van der Waals surface area contributed by atoms with Gasteiger partial charge < -0.3 is 15.7 Å². The fourth-order valence-corrected chi connectivity index (χ4v) is 2.87. The second-order valence-electron chi connectivity index (χ2n) is 5.05. The molecular weight excluding hydrogens is 276 g/mol. The quantitative estimate of drug-likeness (QED) is 0.585. The van der Waals surface area contributed by atoms with E-state index in [0.29, 0.717) is 24.6 Å². The number of carbonyl (C=O) groups is 1. The van der Waals surface area contributed by atoms with Gasteiger partial charge in [-0.15, -0.1) is 0 Å². The molecule has 0 radical (unpaired) electrons. The number of rotatable bonds is 3. The molecular formula is C13H16N4O2S. The van der Waals surface area contributed by atoms with Crippen molar-refractivity contribution < 1.29 is 9.90 Å². The van der Waals surface area contributed by atoms with Crippen molar-refractivity contribution in [3.8, 4) is 0 Å². The van der Waals surface area contributed by atoms with Gasteiger partial charge >= 0.3 is 6.09 Å². The number of nitrogens with zero attached hydrogens (tertiary/aromatic N) is 2. The van der Waals surface area contributed by atoms with Crippen LogP contribution < -0.4 is 10.6 Å². The van der Waals surface area contributed by atoms with Crippen molar-refractivity contribution in [2.75, 3.05) is 13.1 Å². The number of carboxylic acid groups (broad SMARTS) is 1. The summed E-state index contributed by atoms with van der Waals surface area (Å²) < 4.78 is 0. The smallest absolute Gasteiger partial charge is 0.405 e. The van der Waals surface area contributed by atoms with Gasteiger partial charge in [-0.2, -0.15) is 4.99 Å². The van der Waals surface area contributed by atoms with E-state index in [1.807, 2.05) is 0 Å². The van der Waals surface area contributed by atoms with Crippen LogP contribution in [0.5, 0.6) is 0 Å². The molecule has 0 saturated carbocycles. The summed E-state index contributed by atoms with van der Waals surface area (Å²) in [6.45, 7) is 3.45. The van der Waals surface area contributed by atoms with Crippen molar-refractivity contribution >= 4 is 29.2 Å². The largest absolute Gasteiger partial charge is 0.465 e.